The van der Waals surface area contributed by atoms with Crippen LogP contribution in [0.3, 0.4) is 0 Å². The predicted molar refractivity (Wildman–Crippen MR) is 58.8 cm³/mol. The number of rotatable bonds is 2. The van der Waals surface area contributed by atoms with Crippen molar-refractivity contribution in [2.24, 2.45) is 5.92 Å². The maximum atomic E-state index is 11.5. The topological polar surface area (TPSA) is 29.5 Å². The summed E-state index contributed by atoms with van der Waals surface area (Å²) in [6, 6.07) is 0.385. The van der Waals surface area contributed by atoms with Crippen molar-refractivity contribution in [3.63, 3.8) is 0 Å². The monoisotopic (exact) mass is 211 g/mol. The Bertz CT molecular complexity index is 236. The van der Waals surface area contributed by atoms with Gasteiger partial charge in [0.1, 0.15) is 5.78 Å². The second kappa shape index (κ2) is 4.62. The van der Waals surface area contributed by atoms with Crippen LogP contribution in [0.15, 0.2) is 0 Å². The molecule has 2 aliphatic heterocycles. The molecule has 0 aromatic heterocycles. The summed E-state index contributed by atoms with van der Waals surface area (Å²) < 4.78 is 5.64. The van der Waals surface area contributed by atoms with Crippen LogP contribution in [0.25, 0.3) is 0 Å². The molecule has 0 spiro atoms. The van der Waals surface area contributed by atoms with E-state index in [2.05, 4.69) is 18.7 Å². The van der Waals surface area contributed by atoms with E-state index in [4.69, 9.17) is 4.74 Å². The molecule has 3 nitrogen and oxygen atoms in total. The van der Waals surface area contributed by atoms with Crippen molar-refractivity contribution in [1.82, 2.24) is 4.90 Å². The van der Waals surface area contributed by atoms with Gasteiger partial charge in [-0.3, -0.25) is 9.69 Å². The van der Waals surface area contributed by atoms with E-state index < -0.39 is 0 Å². The summed E-state index contributed by atoms with van der Waals surface area (Å²) in [4.78, 5) is 13.9. The first kappa shape index (κ1) is 11.1. The van der Waals surface area contributed by atoms with Gasteiger partial charge in [0.15, 0.2) is 0 Å². The van der Waals surface area contributed by atoms with Gasteiger partial charge in [-0.2, -0.15) is 0 Å². The molecule has 3 atom stereocenters. The molecule has 2 saturated heterocycles. The van der Waals surface area contributed by atoms with Gasteiger partial charge in [0, 0.05) is 38.1 Å². The van der Waals surface area contributed by atoms with Crippen LogP contribution in [0.1, 0.15) is 33.1 Å². The molecule has 2 fully saturated rings. The third kappa shape index (κ3) is 2.40. The van der Waals surface area contributed by atoms with Crippen LogP contribution in [-0.4, -0.2) is 42.5 Å². The van der Waals surface area contributed by atoms with Crippen LogP contribution in [0, 0.1) is 5.92 Å². The highest BCUT2D eigenvalue weighted by atomic mass is 16.5. The Hall–Kier alpha value is -0.410. The minimum atomic E-state index is 0.195. The highest BCUT2D eigenvalue weighted by Crippen LogP contribution is 2.22. The second-order valence-corrected chi connectivity index (χ2v) is 4.88. The van der Waals surface area contributed by atoms with Crippen molar-refractivity contribution in [2.45, 2.75) is 45.3 Å². The van der Waals surface area contributed by atoms with Crippen molar-refractivity contribution in [2.75, 3.05) is 19.7 Å². The fraction of sp³-hybridized carbons (Fsp3) is 0.917. The van der Waals surface area contributed by atoms with Crippen molar-refractivity contribution in [3.05, 3.63) is 0 Å². The number of Topliss-reactive ketones (excluding diaryl/α,β-unsaturated/α-hetero) is 1. The fourth-order valence-corrected chi connectivity index (χ4v) is 2.58. The number of carbonyl (C=O) groups excluding carboxylic acids is 1. The number of piperidine rings is 1. The largest absolute Gasteiger partial charge is 0.377 e. The van der Waals surface area contributed by atoms with Crippen LogP contribution < -0.4 is 0 Å². The zero-order valence-corrected chi connectivity index (χ0v) is 9.74. The van der Waals surface area contributed by atoms with Gasteiger partial charge in [-0.15, -0.1) is 0 Å². The lowest BCUT2D eigenvalue weighted by molar-refractivity contribution is -0.128. The Kier molecular flexibility index (Phi) is 3.42. The second-order valence-electron chi connectivity index (χ2n) is 4.88. The molecule has 0 amide bonds. The van der Waals surface area contributed by atoms with Crippen molar-refractivity contribution in [3.8, 4) is 0 Å². The minimum Gasteiger partial charge on any atom is -0.377 e. The summed E-state index contributed by atoms with van der Waals surface area (Å²) in [5.41, 5.74) is 0. The van der Waals surface area contributed by atoms with Gasteiger partial charge in [0.2, 0.25) is 0 Å². The average Bonchev–Trinajstić information content (AvgIpc) is 2.72. The standard InChI is InChI=1S/C12H21NO2/c1-9-10(2)13(6-5-12(9)14)8-11-4-3-7-15-11/h9-11H,3-8H2,1-2H3. The van der Waals surface area contributed by atoms with Crippen LogP contribution in [0.5, 0.6) is 0 Å². The molecule has 0 aromatic rings. The molecule has 0 saturated carbocycles. The molecule has 0 radical (unpaired) electrons. The average molecular weight is 211 g/mol. The Morgan fingerprint density at radius 1 is 1.47 bits per heavy atom. The number of ketones is 1. The summed E-state index contributed by atoms with van der Waals surface area (Å²) in [7, 11) is 0. The first-order valence-electron chi connectivity index (χ1n) is 6.07. The third-order valence-electron chi connectivity index (χ3n) is 3.91. The molecular weight excluding hydrogens is 190 g/mol. The van der Waals surface area contributed by atoms with E-state index in [0.29, 0.717) is 17.9 Å². The van der Waals surface area contributed by atoms with E-state index in [9.17, 15) is 4.79 Å². The molecule has 3 heteroatoms. The predicted octanol–water partition coefficient (Wildman–Crippen LogP) is 1.46. The number of ether oxygens (including phenoxy) is 1. The highest BCUT2D eigenvalue weighted by molar-refractivity contribution is 5.82. The normalized spacial score (nSPS) is 38.5. The maximum Gasteiger partial charge on any atom is 0.138 e. The van der Waals surface area contributed by atoms with Crippen LogP contribution >= 0.6 is 0 Å². The molecule has 0 aromatic carbocycles. The lowest BCUT2D eigenvalue weighted by atomic mass is 9.90. The maximum absolute atomic E-state index is 11.5. The number of likely N-dealkylation sites (tertiary alicyclic amines) is 1. The Morgan fingerprint density at radius 2 is 2.27 bits per heavy atom. The number of hydrogen-bond acceptors (Lipinski definition) is 3. The Morgan fingerprint density at radius 3 is 2.93 bits per heavy atom. The quantitative estimate of drug-likeness (QED) is 0.692. The van der Waals surface area contributed by atoms with Gasteiger partial charge in [-0.25, -0.2) is 0 Å². The lowest BCUT2D eigenvalue weighted by Crippen LogP contribution is -2.49. The molecule has 2 heterocycles. The molecular formula is C12H21NO2. The van der Waals surface area contributed by atoms with Crippen LogP contribution in [0.2, 0.25) is 0 Å². The molecule has 0 aliphatic carbocycles. The summed E-state index contributed by atoms with van der Waals surface area (Å²) in [5.74, 6) is 0.617. The third-order valence-corrected chi connectivity index (χ3v) is 3.91. The SMILES string of the molecule is CC1C(=O)CCN(CC2CCCO2)C1C. The zero-order valence-electron chi connectivity index (χ0n) is 9.74. The minimum absolute atomic E-state index is 0.195. The van der Waals surface area contributed by atoms with E-state index in [-0.39, 0.29) is 5.92 Å². The van der Waals surface area contributed by atoms with E-state index in [1.165, 1.54) is 12.8 Å². The van der Waals surface area contributed by atoms with Gasteiger partial charge in [0.05, 0.1) is 6.10 Å². The smallest absolute Gasteiger partial charge is 0.138 e. The van der Waals surface area contributed by atoms with Crippen molar-refractivity contribution in [1.29, 1.82) is 0 Å². The summed E-state index contributed by atoms with van der Waals surface area (Å²) in [6.45, 7) is 7.07. The van der Waals surface area contributed by atoms with Crippen molar-refractivity contribution >= 4 is 5.78 Å². The summed E-state index contributed by atoms with van der Waals surface area (Å²) in [6.07, 6.45) is 3.51. The molecule has 0 bridgehead atoms. The van der Waals surface area contributed by atoms with Gasteiger partial charge in [-0.05, 0) is 19.8 Å². The molecule has 0 N–H and O–H groups in total. The summed E-state index contributed by atoms with van der Waals surface area (Å²) in [5, 5.41) is 0. The Labute approximate surface area is 91.8 Å². The van der Waals surface area contributed by atoms with Gasteiger partial charge < -0.3 is 4.74 Å². The lowest BCUT2D eigenvalue weighted by Gasteiger charge is -2.38. The fourth-order valence-electron chi connectivity index (χ4n) is 2.58. The first-order valence-corrected chi connectivity index (χ1v) is 6.07. The zero-order chi connectivity index (χ0) is 10.8. The molecule has 3 unspecified atom stereocenters. The van der Waals surface area contributed by atoms with E-state index in [1.54, 1.807) is 0 Å². The van der Waals surface area contributed by atoms with Crippen LogP contribution in [0.4, 0.5) is 0 Å². The van der Waals surface area contributed by atoms with Gasteiger partial charge in [0.25, 0.3) is 0 Å². The summed E-state index contributed by atoms with van der Waals surface area (Å²) >= 11 is 0. The Balaban J connectivity index is 1.88. The molecule has 86 valence electrons. The van der Waals surface area contributed by atoms with Crippen molar-refractivity contribution < 1.29 is 9.53 Å². The van der Waals surface area contributed by atoms with Gasteiger partial charge >= 0.3 is 0 Å². The first-order chi connectivity index (χ1) is 7.18. The molecule has 2 aliphatic rings. The number of hydrogen-bond donors (Lipinski definition) is 0. The van der Waals surface area contributed by atoms with Gasteiger partial charge in [-0.1, -0.05) is 6.92 Å². The van der Waals surface area contributed by atoms with Crippen LogP contribution in [-0.2, 0) is 9.53 Å². The molecule has 2 rings (SSSR count). The van der Waals surface area contributed by atoms with E-state index in [1.807, 2.05) is 0 Å². The molecule has 15 heavy (non-hydrogen) atoms. The number of nitrogens with zero attached hydrogens (tertiary/aromatic N) is 1. The number of carbonyl (C=O) groups is 1. The van der Waals surface area contributed by atoms with E-state index in [0.717, 1.165) is 26.1 Å². The van der Waals surface area contributed by atoms with E-state index >= 15 is 0 Å². The highest BCUT2D eigenvalue weighted by Gasteiger charge is 2.32.